The summed E-state index contributed by atoms with van der Waals surface area (Å²) in [6, 6.07) is 6.54. The number of hydrogen-bond acceptors (Lipinski definition) is 1. The SMILES string of the molecule is Cc1cccc(C(C)C)c1NCC(C)C. The van der Waals surface area contributed by atoms with E-state index in [9.17, 15) is 0 Å². The molecule has 15 heavy (non-hydrogen) atoms. The molecule has 0 aliphatic heterocycles. The lowest BCUT2D eigenvalue weighted by Gasteiger charge is -2.18. The molecule has 0 aliphatic rings. The second-order valence-corrected chi connectivity index (χ2v) is 4.97. The van der Waals surface area contributed by atoms with Crippen LogP contribution in [-0.4, -0.2) is 6.54 Å². The van der Waals surface area contributed by atoms with E-state index in [0.717, 1.165) is 6.54 Å². The molecule has 1 aromatic carbocycles. The maximum Gasteiger partial charge on any atom is 0.0405 e. The first kappa shape index (κ1) is 12.1. The van der Waals surface area contributed by atoms with Gasteiger partial charge >= 0.3 is 0 Å². The monoisotopic (exact) mass is 205 g/mol. The minimum Gasteiger partial charge on any atom is -0.384 e. The minimum absolute atomic E-state index is 0.583. The molecule has 0 heterocycles. The smallest absolute Gasteiger partial charge is 0.0405 e. The van der Waals surface area contributed by atoms with E-state index in [4.69, 9.17) is 0 Å². The number of rotatable bonds is 4. The standard InChI is InChI=1S/C14H23N/c1-10(2)9-15-14-12(5)7-6-8-13(14)11(3)4/h6-8,10-11,15H,9H2,1-5H3. The van der Waals surface area contributed by atoms with Gasteiger partial charge in [0.2, 0.25) is 0 Å². The summed E-state index contributed by atoms with van der Waals surface area (Å²) in [7, 11) is 0. The van der Waals surface area contributed by atoms with Gasteiger partial charge in [0.05, 0.1) is 0 Å². The molecule has 0 saturated carbocycles. The molecule has 0 amide bonds. The largest absolute Gasteiger partial charge is 0.384 e. The zero-order chi connectivity index (χ0) is 11.4. The van der Waals surface area contributed by atoms with Gasteiger partial charge in [-0.1, -0.05) is 45.9 Å². The Morgan fingerprint density at radius 1 is 1.13 bits per heavy atom. The highest BCUT2D eigenvalue weighted by Gasteiger charge is 2.08. The third kappa shape index (κ3) is 3.26. The van der Waals surface area contributed by atoms with Crippen LogP contribution in [0.3, 0.4) is 0 Å². The van der Waals surface area contributed by atoms with Crippen LogP contribution < -0.4 is 5.32 Å². The van der Waals surface area contributed by atoms with Gasteiger partial charge in [0.1, 0.15) is 0 Å². The highest BCUT2D eigenvalue weighted by atomic mass is 14.9. The molecule has 0 spiro atoms. The summed E-state index contributed by atoms with van der Waals surface area (Å²) in [6.45, 7) is 12.2. The van der Waals surface area contributed by atoms with Crippen molar-refractivity contribution in [1.82, 2.24) is 0 Å². The van der Waals surface area contributed by atoms with Crippen LogP contribution in [0.1, 0.15) is 44.7 Å². The summed E-state index contributed by atoms with van der Waals surface area (Å²) in [6.07, 6.45) is 0. The van der Waals surface area contributed by atoms with E-state index in [1.807, 2.05) is 0 Å². The molecule has 1 aromatic rings. The van der Waals surface area contributed by atoms with Gasteiger partial charge in [-0.05, 0) is 29.9 Å². The summed E-state index contributed by atoms with van der Waals surface area (Å²) >= 11 is 0. The minimum atomic E-state index is 0.583. The van der Waals surface area contributed by atoms with Crippen molar-refractivity contribution in [2.75, 3.05) is 11.9 Å². The number of benzene rings is 1. The molecule has 1 heteroatoms. The third-order valence-electron chi connectivity index (χ3n) is 2.61. The van der Waals surface area contributed by atoms with Crippen LogP contribution in [0, 0.1) is 12.8 Å². The maximum atomic E-state index is 3.56. The third-order valence-corrected chi connectivity index (χ3v) is 2.61. The summed E-state index contributed by atoms with van der Waals surface area (Å²) in [4.78, 5) is 0. The van der Waals surface area contributed by atoms with E-state index in [0.29, 0.717) is 11.8 Å². The van der Waals surface area contributed by atoms with E-state index in [1.54, 1.807) is 0 Å². The van der Waals surface area contributed by atoms with Crippen LogP contribution in [-0.2, 0) is 0 Å². The Labute approximate surface area is 93.9 Å². The fourth-order valence-electron chi connectivity index (χ4n) is 1.72. The topological polar surface area (TPSA) is 12.0 Å². The van der Waals surface area contributed by atoms with E-state index >= 15 is 0 Å². The average Bonchev–Trinajstić information content (AvgIpc) is 2.15. The van der Waals surface area contributed by atoms with Crippen molar-refractivity contribution in [3.63, 3.8) is 0 Å². The number of nitrogens with one attached hydrogen (secondary N) is 1. The van der Waals surface area contributed by atoms with Gasteiger partial charge in [-0.2, -0.15) is 0 Å². The average molecular weight is 205 g/mol. The maximum absolute atomic E-state index is 3.56. The van der Waals surface area contributed by atoms with Crippen molar-refractivity contribution < 1.29 is 0 Å². The second kappa shape index (κ2) is 5.20. The fraction of sp³-hybridized carbons (Fsp3) is 0.571. The van der Waals surface area contributed by atoms with E-state index in [1.165, 1.54) is 16.8 Å². The number of aryl methyl sites for hydroxylation is 1. The van der Waals surface area contributed by atoms with Gasteiger partial charge in [-0.15, -0.1) is 0 Å². The molecule has 0 fully saturated rings. The Morgan fingerprint density at radius 3 is 2.33 bits per heavy atom. The zero-order valence-electron chi connectivity index (χ0n) is 10.6. The molecule has 0 radical (unpaired) electrons. The molecule has 0 unspecified atom stereocenters. The quantitative estimate of drug-likeness (QED) is 0.777. The molecule has 1 rings (SSSR count). The van der Waals surface area contributed by atoms with Gasteiger partial charge in [0.25, 0.3) is 0 Å². The van der Waals surface area contributed by atoms with Gasteiger partial charge in [0, 0.05) is 12.2 Å². The molecule has 1 N–H and O–H groups in total. The van der Waals surface area contributed by atoms with Crippen LogP contribution in [0.15, 0.2) is 18.2 Å². The van der Waals surface area contributed by atoms with Crippen molar-refractivity contribution in [3.05, 3.63) is 29.3 Å². The van der Waals surface area contributed by atoms with Crippen molar-refractivity contribution in [3.8, 4) is 0 Å². The lowest BCUT2D eigenvalue weighted by Crippen LogP contribution is -2.11. The van der Waals surface area contributed by atoms with Crippen LogP contribution in [0.5, 0.6) is 0 Å². The predicted molar refractivity (Wildman–Crippen MR) is 68.6 cm³/mol. The number of hydrogen-bond donors (Lipinski definition) is 1. The van der Waals surface area contributed by atoms with Gasteiger partial charge in [0.15, 0.2) is 0 Å². The summed E-state index contributed by atoms with van der Waals surface area (Å²) in [5, 5.41) is 3.56. The lowest BCUT2D eigenvalue weighted by molar-refractivity contribution is 0.687. The molecule has 0 saturated heterocycles. The number of para-hydroxylation sites is 1. The van der Waals surface area contributed by atoms with Gasteiger partial charge in [-0.25, -0.2) is 0 Å². The Balaban J connectivity index is 2.92. The van der Waals surface area contributed by atoms with Crippen LogP contribution >= 0.6 is 0 Å². The van der Waals surface area contributed by atoms with E-state index in [2.05, 4.69) is 58.1 Å². The molecular formula is C14H23N. The number of anilines is 1. The molecule has 0 atom stereocenters. The van der Waals surface area contributed by atoms with Gasteiger partial charge < -0.3 is 5.32 Å². The fourth-order valence-corrected chi connectivity index (χ4v) is 1.72. The highest BCUT2D eigenvalue weighted by molar-refractivity contribution is 5.58. The normalized spacial score (nSPS) is 11.1. The summed E-state index contributed by atoms with van der Waals surface area (Å²) in [5.74, 6) is 1.27. The molecule has 0 bridgehead atoms. The van der Waals surface area contributed by atoms with Crippen LogP contribution in [0.2, 0.25) is 0 Å². The first-order chi connectivity index (χ1) is 7.02. The first-order valence-corrected chi connectivity index (χ1v) is 5.85. The van der Waals surface area contributed by atoms with Gasteiger partial charge in [-0.3, -0.25) is 0 Å². The Kier molecular flexibility index (Phi) is 4.19. The lowest BCUT2D eigenvalue weighted by atomic mass is 9.98. The van der Waals surface area contributed by atoms with E-state index in [-0.39, 0.29) is 0 Å². The molecule has 1 nitrogen and oxygen atoms in total. The summed E-state index contributed by atoms with van der Waals surface area (Å²) < 4.78 is 0. The predicted octanol–water partition coefficient (Wildman–Crippen LogP) is 4.19. The Hall–Kier alpha value is -0.980. The molecule has 0 aromatic heterocycles. The van der Waals surface area contributed by atoms with E-state index < -0.39 is 0 Å². The molecule has 0 aliphatic carbocycles. The summed E-state index contributed by atoms with van der Waals surface area (Å²) in [5.41, 5.74) is 4.11. The zero-order valence-corrected chi connectivity index (χ0v) is 10.6. The highest BCUT2D eigenvalue weighted by Crippen LogP contribution is 2.27. The first-order valence-electron chi connectivity index (χ1n) is 5.85. The second-order valence-electron chi connectivity index (χ2n) is 4.97. The van der Waals surface area contributed by atoms with Crippen molar-refractivity contribution in [2.24, 2.45) is 5.92 Å². The van der Waals surface area contributed by atoms with Crippen molar-refractivity contribution in [1.29, 1.82) is 0 Å². The Bertz CT molecular complexity index is 313. The van der Waals surface area contributed by atoms with Crippen LogP contribution in [0.4, 0.5) is 5.69 Å². The van der Waals surface area contributed by atoms with Crippen molar-refractivity contribution in [2.45, 2.75) is 40.5 Å². The van der Waals surface area contributed by atoms with Crippen LogP contribution in [0.25, 0.3) is 0 Å². The van der Waals surface area contributed by atoms with Crippen molar-refractivity contribution >= 4 is 5.69 Å². The Morgan fingerprint density at radius 2 is 1.80 bits per heavy atom. The molecular weight excluding hydrogens is 182 g/mol. The molecule has 84 valence electrons.